The molecular weight excluding hydrogens is 501 g/mol. The summed E-state index contributed by atoms with van der Waals surface area (Å²) < 4.78 is 6.29. The lowest BCUT2D eigenvalue weighted by atomic mass is 10.0. The molecule has 0 saturated heterocycles. The number of aromatic nitrogens is 1. The first kappa shape index (κ1) is 18.2. The minimum absolute atomic E-state index is 0.0746. The highest BCUT2D eigenvalue weighted by atomic mass is 79.9. The highest BCUT2D eigenvalue weighted by molar-refractivity contribution is 9.11. The molecule has 0 aliphatic rings. The summed E-state index contributed by atoms with van der Waals surface area (Å²) in [6.45, 7) is 0. The number of benzene rings is 2. The van der Waals surface area contributed by atoms with Gasteiger partial charge < -0.3 is 9.52 Å². The standard InChI is InChI=1S/C19H8Br2ClNO4/c20-9-4-13(18(25)14(21)5-9)17(24)8-3-12-16(23-7-8)11-6-10(22)1-2-15(11)27-19(12)26/h1-7,25H. The molecule has 0 unspecified atom stereocenters. The zero-order valence-corrected chi connectivity index (χ0v) is 17.2. The third-order valence-corrected chi connectivity index (χ3v) is 5.34. The Balaban J connectivity index is 1.94. The number of nitrogens with zero attached hydrogens (tertiary/aromatic N) is 1. The Kier molecular flexibility index (Phi) is 4.53. The molecule has 0 spiro atoms. The highest BCUT2D eigenvalue weighted by Crippen LogP contribution is 2.33. The average molecular weight is 510 g/mol. The zero-order chi connectivity index (χ0) is 19.3. The van der Waals surface area contributed by atoms with E-state index in [2.05, 4.69) is 36.8 Å². The molecule has 0 amide bonds. The first-order valence-corrected chi connectivity index (χ1v) is 9.56. The van der Waals surface area contributed by atoms with Gasteiger partial charge in [0, 0.05) is 26.6 Å². The SMILES string of the molecule is O=C(c1cnc2c(c1)c(=O)oc1ccc(Cl)cc12)c1cc(Br)cc(Br)c1O. The lowest BCUT2D eigenvalue weighted by molar-refractivity contribution is 0.103. The number of fused-ring (bicyclic) bond motifs is 3. The van der Waals surface area contributed by atoms with Gasteiger partial charge in [0.15, 0.2) is 5.78 Å². The van der Waals surface area contributed by atoms with Crippen LogP contribution in [0.4, 0.5) is 0 Å². The molecule has 2 aromatic heterocycles. The number of rotatable bonds is 2. The maximum atomic E-state index is 12.8. The molecule has 0 saturated carbocycles. The summed E-state index contributed by atoms with van der Waals surface area (Å²) in [7, 11) is 0. The summed E-state index contributed by atoms with van der Waals surface area (Å²) in [6.07, 6.45) is 1.36. The lowest BCUT2D eigenvalue weighted by Gasteiger charge is -2.08. The molecule has 134 valence electrons. The van der Waals surface area contributed by atoms with E-state index in [0.717, 1.165) is 0 Å². The summed E-state index contributed by atoms with van der Waals surface area (Å²) >= 11 is 12.5. The van der Waals surface area contributed by atoms with Crippen LogP contribution in [0.5, 0.6) is 5.75 Å². The van der Waals surface area contributed by atoms with Crippen LogP contribution in [-0.2, 0) is 0 Å². The fourth-order valence-corrected chi connectivity index (χ4v) is 4.18. The molecule has 2 heterocycles. The van der Waals surface area contributed by atoms with Crippen LogP contribution in [0.3, 0.4) is 0 Å². The van der Waals surface area contributed by atoms with Crippen molar-refractivity contribution in [1.82, 2.24) is 4.98 Å². The van der Waals surface area contributed by atoms with Gasteiger partial charge in [-0.2, -0.15) is 0 Å². The number of halogens is 3. The molecule has 0 aliphatic heterocycles. The van der Waals surface area contributed by atoms with Crippen LogP contribution in [-0.4, -0.2) is 15.9 Å². The number of carbonyl (C=O) groups excluding carboxylic acids is 1. The van der Waals surface area contributed by atoms with Gasteiger partial charge in [0.1, 0.15) is 11.3 Å². The van der Waals surface area contributed by atoms with Crippen LogP contribution in [0, 0.1) is 0 Å². The van der Waals surface area contributed by atoms with E-state index in [-0.39, 0.29) is 22.3 Å². The van der Waals surface area contributed by atoms with Crippen molar-refractivity contribution >= 4 is 71.1 Å². The van der Waals surface area contributed by atoms with Gasteiger partial charge in [-0.15, -0.1) is 0 Å². The third kappa shape index (κ3) is 3.16. The maximum absolute atomic E-state index is 12.8. The molecule has 8 heteroatoms. The van der Waals surface area contributed by atoms with Crippen LogP contribution in [0.1, 0.15) is 15.9 Å². The van der Waals surface area contributed by atoms with Gasteiger partial charge in [-0.25, -0.2) is 4.79 Å². The molecular formula is C19H8Br2ClNO4. The van der Waals surface area contributed by atoms with E-state index >= 15 is 0 Å². The predicted molar refractivity (Wildman–Crippen MR) is 110 cm³/mol. The van der Waals surface area contributed by atoms with Crippen LogP contribution in [0.15, 0.2) is 60.8 Å². The smallest absolute Gasteiger partial charge is 0.345 e. The number of pyridine rings is 1. The molecule has 4 rings (SSSR count). The van der Waals surface area contributed by atoms with Gasteiger partial charge in [0.05, 0.1) is 20.9 Å². The fourth-order valence-electron chi connectivity index (χ4n) is 2.78. The molecule has 0 bridgehead atoms. The summed E-state index contributed by atoms with van der Waals surface area (Å²) in [6, 6.07) is 9.38. The van der Waals surface area contributed by atoms with Crippen LogP contribution in [0.2, 0.25) is 5.02 Å². The second-order valence-electron chi connectivity index (χ2n) is 5.76. The first-order chi connectivity index (χ1) is 12.8. The van der Waals surface area contributed by atoms with E-state index in [1.54, 1.807) is 24.3 Å². The van der Waals surface area contributed by atoms with Gasteiger partial charge >= 0.3 is 5.63 Å². The van der Waals surface area contributed by atoms with E-state index in [1.165, 1.54) is 18.3 Å². The number of hydrogen-bond acceptors (Lipinski definition) is 5. The van der Waals surface area contributed by atoms with Crippen LogP contribution < -0.4 is 5.63 Å². The normalized spacial score (nSPS) is 11.2. The van der Waals surface area contributed by atoms with Gasteiger partial charge in [0.2, 0.25) is 0 Å². The van der Waals surface area contributed by atoms with Crippen molar-refractivity contribution in [1.29, 1.82) is 0 Å². The average Bonchev–Trinajstić information content (AvgIpc) is 2.64. The molecule has 2 aromatic carbocycles. The molecule has 27 heavy (non-hydrogen) atoms. The highest BCUT2D eigenvalue weighted by Gasteiger charge is 2.19. The van der Waals surface area contributed by atoms with Gasteiger partial charge in [-0.05, 0) is 52.3 Å². The van der Waals surface area contributed by atoms with Crippen molar-refractivity contribution in [3.63, 3.8) is 0 Å². The summed E-state index contributed by atoms with van der Waals surface area (Å²) in [4.78, 5) is 29.5. The van der Waals surface area contributed by atoms with Crippen molar-refractivity contribution in [2.75, 3.05) is 0 Å². The largest absolute Gasteiger partial charge is 0.506 e. The number of aromatic hydroxyl groups is 1. The van der Waals surface area contributed by atoms with Crippen molar-refractivity contribution in [3.05, 3.63) is 78.1 Å². The number of phenols is 1. The number of ketones is 1. The second-order valence-corrected chi connectivity index (χ2v) is 7.97. The summed E-state index contributed by atoms with van der Waals surface area (Å²) in [5.74, 6) is -0.671. The summed E-state index contributed by atoms with van der Waals surface area (Å²) in [5.41, 5.74) is 0.362. The van der Waals surface area contributed by atoms with Gasteiger partial charge in [-0.3, -0.25) is 9.78 Å². The molecule has 0 atom stereocenters. The Morgan fingerprint density at radius 2 is 1.89 bits per heavy atom. The van der Waals surface area contributed by atoms with Crippen molar-refractivity contribution in [2.24, 2.45) is 0 Å². The Morgan fingerprint density at radius 3 is 2.67 bits per heavy atom. The molecule has 0 fully saturated rings. The Labute approximate surface area is 173 Å². The third-order valence-electron chi connectivity index (χ3n) is 4.04. The minimum atomic E-state index is -0.610. The minimum Gasteiger partial charge on any atom is -0.506 e. The van der Waals surface area contributed by atoms with Crippen molar-refractivity contribution in [3.8, 4) is 5.75 Å². The predicted octanol–water partition coefficient (Wildman–Crippen LogP) is 5.46. The molecule has 0 radical (unpaired) electrons. The van der Waals surface area contributed by atoms with Crippen LogP contribution in [0.25, 0.3) is 21.9 Å². The van der Waals surface area contributed by atoms with E-state index in [9.17, 15) is 14.7 Å². The van der Waals surface area contributed by atoms with Crippen molar-refractivity contribution < 1.29 is 14.3 Å². The van der Waals surface area contributed by atoms with Crippen LogP contribution >= 0.6 is 43.5 Å². The fraction of sp³-hybridized carbons (Fsp3) is 0. The topological polar surface area (TPSA) is 80.4 Å². The Bertz CT molecular complexity index is 1320. The summed E-state index contributed by atoms with van der Waals surface area (Å²) in [5, 5.41) is 11.4. The zero-order valence-electron chi connectivity index (χ0n) is 13.3. The maximum Gasteiger partial charge on any atom is 0.345 e. The Hall–Kier alpha value is -2.22. The first-order valence-electron chi connectivity index (χ1n) is 7.60. The van der Waals surface area contributed by atoms with Gasteiger partial charge in [-0.1, -0.05) is 27.5 Å². The molecule has 1 N–H and O–H groups in total. The van der Waals surface area contributed by atoms with E-state index < -0.39 is 11.4 Å². The molecule has 4 aromatic rings. The molecule has 0 aliphatic carbocycles. The lowest BCUT2D eigenvalue weighted by Crippen LogP contribution is -2.07. The quantitative estimate of drug-likeness (QED) is 0.221. The number of phenolic OH excluding ortho intramolecular Hbond substituents is 1. The van der Waals surface area contributed by atoms with E-state index in [0.29, 0.717) is 30.5 Å². The molecule has 5 nitrogen and oxygen atoms in total. The van der Waals surface area contributed by atoms with E-state index in [1.807, 2.05) is 0 Å². The Morgan fingerprint density at radius 1 is 1.11 bits per heavy atom. The van der Waals surface area contributed by atoms with Crippen molar-refractivity contribution in [2.45, 2.75) is 0 Å². The van der Waals surface area contributed by atoms with Gasteiger partial charge in [0.25, 0.3) is 0 Å². The second kappa shape index (κ2) is 6.74. The number of carbonyl (C=O) groups is 1. The number of hydrogen-bond donors (Lipinski definition) is 1. The van der Waals surface area contributed by atoms with E-state index in [4.69, 9.17) is 16.0 Å². The monoisotopic (exact) mass is 507 g/mol.